The molecule has 1 radical (unpaired) electrons. The van der Waals surface area contributed by atoms with Crippen LogP contribution in [-0.2, 0) is 0 Å². The summed E-state index contributed by atoms with van der Waals surface area (Å²) >= 11 is 0. The number of hydrogen-bond donors (Lipinski definition) is 1. The quantitative estimate of drug-likeness (QED) is 0.622. The number of nitrogens with one attached hydrogen (secondary N) is 1. The first-order chi connectivity index (χ1) is 6.95. The van der Waals surface area contributed by atoms with Crippen molar-refractivity contribution in [3.05, 3.63) is 43.0 Å². The molecule has 2 aromatic heterocycles. The van der Waals surface area contributed by atoms with Crippen molar-refractivity contribution in [2.45, 2.75) is 0 Å². The summed E-state index contributed by atoms with van der Waals surface area (Å²) in [6, 6.07) is 8.01. The fourth-order valence-electron chi connectivity index (χ4n) is 1.48. The molecule has 0 spiro atoms. The topological polar surface area (TPSA) is 46.5 Å². The molecular weight excluding hydrogens is 176 g/mol. The van der Waals surface area contributed by atoms with Crippen LogP contribution >= 0.6 is 0 Å². The van der Waals surface area contributed by atoms with Crippen LogP contribution in [0.5, 0.6) is 0 Å². The molecule has 4 nitrogen and oxygen atoms in total. The van der Waals surface area contributed by atoms with E-state index in [-0.39, 0.29) is 0 Å². The van der Waals surface area contributed by atoms with E-state index in [1.54, 1.807) is 10.9 Å². The molecule has 0 atom stereocenters. The maximum Gasteiger partial charge on any atom is 0.175 e. The van der Waals surface area contributed by atoms with Crippen LogP contribution in [0.2, 0.25) is 0 Å². The zero-order valence-electron chi connectivity index (χ0n) is 7.31. The maximum absolute atomic E-state index is 4.25. The average Bonchev–Trinajstić information content (AvgIpc) is 2.85. The van der Waals surface area contributed by atoms with Gasteiger partial charge in [0.2, 0.25) is 0 Å². The highest BCUT2D eigenvalue weighted by Gasteiger charge is 2.04. The lowest BCUT2D eigenvalue weighted by Crippen LogP contribution is -1.95. The van der Waals surface area contributed by atoms with E-state index < -0.39 is 0 Å². The lowest BCUT2D eigenvalue weighted by molar-refractivity contribution is 0.882. The molecule has 0 unspecified atom stereocenters. The minimum absolute atomic E-state index is 0.756. The van der Waals surface area contributed by atoms with Crippen molar-refractivity contribution < 1.29 is 0 Å². The molecule has 4 heteroatoms. The molecule has 0 saturated carbocycles. The molecular formula is C10H7N4. The van der Waals surface area contributed by atoms with E-state index in [1.807, 2.05) is 30.5 Å². The molecule has 3 aromatic rings. The zero-order valence-corrected chi connectivity index (χ0v) is 7.31. The second-order valence-corrected chi connectivity index (χ2v) is 2.99. The molecule has 1 N–H and O–H groups in total. The number of rotatable bonds is 1. The van der Waals surface area contributed by atoms with Crippen molar-refractivity contribution in [2.75, 3.05) is 0 Å². The number of nitrogens with zero attached hydrogens (tertiary/aromatic N) is 3. The zero-order chi connectivity index (χ0) is 9.38. The number of fused-ring (bicyclic) bond motifs is 1. The summed E-state index contributed by atoms with van der Waals surface area (Å²) in [4.78, 5) is 6.81. The Balaban J connectivity index is 2.33. The molecule has 0 amide bonds. The van der Waals surface area contributed by atoms with Crippen molar-refractivity contribution in [2.24, 2.45) is 0 Å². The van der Waals surface area contributed by atoms with E-state index in [2.05, 4.69) is 21.4 Å². The van der Waals surface area contributed by atoms with E-state index in [4.69, 9.17) is 0 Å². The summed E-state index contributed by atoms with van der Waals surface area (Å²) in [5, 5.41) is 5.36. The summed E-state index contributed by atoms with van der Waals surface area (Å²) in [5.74, 6) is 0.756. The van der Waals surface area contributed by atoms with E-state index >= 15 is 0 Å². The summed E-state index contributed by atoms with van der Waals surface area (Å²) < 4.78 is 1.78. The number of H-pyrrole nitrogens is 1. The number of imidazole rings is 1. The Morgan fingerprint density at radius 3 is 3.07 bits per heavy atom. The Bertz CT molecular complexity index is 550. The molecule has 3 rings (SSSR count). The molecule has 0 saturated heterocycles. The van der Waals surface area contributed by atoms with Crippen LogP contribution in [0.25, 0.3) is 16.7 Å². The van der Waals surface area contributed by atoms with Crippen molar-refractivity contribution in [1.82, 2.24) is 19.7 Å². The van der Waals surface area contributed by atoms with Crippen LogP contribution in [0.15, 0.2) is 36.7 Å². The van der Waals surface area contributed by atoms with Crippen LogP contribution in [0.4, 0.5) is 0 Å². The second kappa shape index (κ2) is 2.70. The number of benzene rings is 1. The Morgan fingerprint density at radius 1 is 1.29 bits per heavy atom. The van der Waals surface area contributed by atoms with E-state index in [9.17, 15) is 0 Å². The first-order valence-electron chi connectivity index (χ1n) is 4.30. The highest BCUT2D eigenvalue weighted by Crippen LogP contribution is 2.15. The predicted molar refractivity (Wildman–Crippen MR) is 52.1 cm³/mol. The van der Waals surface area contributed by atoms with Gasteiger partial charge in [-0.15, -0.1) is 0 Å². The summed E-state index contributed by atoms with van der Waals surface area (Å²) in [6.07, 6.45) is 6.23. The van der Waals surface area contributed by atoms with Gasteiger partial charge >= 0.3 is 0 Å². The molecule has 14 heavy (non-hydrogen) atoms. The van der Waals surface area contributed by atoms with Gasteiger partial charge in [0, 0.05) is 11.6 Å². The largest absolute Gasteiger partial charge is 0.340 e. The standard InChI is InChI=1S/C10H7N4/c1-2-4-9-8(3-1)5-13-14(9)10-6-11-7-12-10/h1-6H,(H,11,12). The third-order valence-corrected chi connectivity index (χ3v) is 2.13. The second-order valence-electron chi connectivity index (χ2n) is 2.99. The van der Waals surface area contributed by atoms with Crippen LogP contribution in [0.3, 0.4) is 0 Å². The number of aromatic amines is 1. The molecule has 0 aliphatic rings. The Morgan fingerprint density at radius 2 is 2.21 bits per heavy atom. The predicted octanol–water partition coefficient (Wildman–Crippen LogP) is 1.55. The van der Waals surface area contributed by atoms with E-state index in [1.165, 1.54) is 0 Å². The number of aromatic nitrogens is 4. The van der Waals surface area contributed by atoms with Crippen molar-refractivity contribution in [3.8, 4) is 5.82 Å². The molecule has 0 aliphatic heterocycles. The van der Waals surface area contributed by atoms with Crippen molar-refractivity contribution >= 4 is 10.9 Å². The third-order valence-electron chi connectivity index (χ3n) is 2.13. The lowest BCUT2D eigenvalue weighted by atomic mass is 10.3. The van der Waals surface area contributed by atoms with Gasteiger partial charge in [0.15, 0.2) is 12.1 Å². The highest BCUT2D eigenvalue weighted by molar-refractivity contribution is 5.79. The summed E-state index contributed by atoms with van der Waals surface area (Å²) in [5.41, 5.74) is 1.05. The molecule has 2 heterocycles. The lowest BCUT2D eigenvalue weighted by Gasteiger charge is -1.96. The molecule has 0 aliphatic carbocycles. The molecule has 67 valence electrons. The SMILES string of the molecule is [c]1nc(-n2ncc3ccccc32)c[nH]1. The molecule has 0 fully saturated rings. The molecule has 1 aromatic carbocycles. The van der Waals surface area contributed by atoms with Crippen molar-refractivity contribution in [1.29, 1.82) is 0 Å². The van der Waals surface area contributed by atoms with E-state index in [0.29, 0.717) is 0 Å². The van der Waals surface area contributed by atoms with Crippen LogP contribution in [0.1, 0.15) is 0 Å². The van der Waals surface area contributed by atoms with Crippen LogP contribution in [-0.4, -0.2) is 19.7 Å². The number of hydrogen-bond acceptors (Lipinski definition) is 2. The van der Waals surface area contributed by atoms with Gasteiger partial charge in [0.05, 0.1) is 11.7 Å². The van der Waals surface area contributed by atoms with Gasteiger partial charge in [-0.2, -0.15) is 5.10 Å². The van der Waals surface area contributed by atoms with Crippen molar-refractivity contribution in [3.63, 3.8) is 0 Å². The smallest absolute Gasteiger partial charge is 0.175 e. The van der Waals surface area contributed by atoms with Gasteiger partial charge in [0.25, 0.3) is 0 Å². The first-order valence-corrected chi connectivity index (χ1v) is 4.30. The minimum atomic E-state index is 0.756. The first kappa shape index (κ1) is 7.32. The number of para-hydroxylation sites is 1. The van der Waals surface area contributed by atoms with Gasteiger partial charge in [-0.25, -0.2) is 9.67 Å². The Labute approximate surface area is 80.2 Å². The average molecular weight is 183 g/mol. The highest BCUT2D eigenvalue weighted by atomic mass is 15.3. The summed E-state index contributed by atoms with van der Waals surface area (Å²) in [6.45, 7) is 0. The minimum Gasteiger partial charge on any atom is -0.340 e. The molecule has 0 bridgehead atoms. The normalized spacial score (nSPS) is 10.9. The van der Waals surface area contributed by atoms with Crippen LogP contribution < -0.4 is 0 Å². The van der Waals surface area contributed by atoms with E-state index in [0.717, 1.165) is 16.7 Å². The Kier molecular flexibility index (Phi) is 1.41. The van der Waals surface area contributed by atoms with Gasteiger partial charge in [-0.1, -0.05) is 18.2 Å². The Hall–Kier alpha value is -2.10. The van der Waals surface area contributed by atoms with Crippen LogP contribution in [0, 0.1) is 6.33 Å². The monoisotopic (exact) mass is 183 g/mol. The third kappa shape index (κ3) is 0.939. The van der Waals surface area contributed by atoms with Gasteiger partial charge in [0.1, 0.15) is 0 Å². The van der Waals surface area contributed by atoms with Gasteiger partial charge in [-0.3, -0.25) is 0 Å². The summed E-state index contributed by atoms with van der Waals surface area (Å²) in [7, 11) is 0. The van der Waals surface area contributed by atoms with Gasteiger partial charge in [-0.05, 0) is 6.07 Å². The fourth-order valence-corrected chi connectivity index (χ4v) is 1.48. The van der Waals surface area contributed by atoms with Gasteiger partial charge < -0.3 is 4.98 Å². The maximum atomic E-state index is 4.25. The fraction of sp³-hybridized carbons (Fsp3) is 0.